The van der Waals surface area contributed by atoms with Crippen molar-refractivity contribution in [1.82, 2.24) is 10.6 Å². The first-order valence-electron chi connectivity index (χ1n) is 9.45. The topological polar surface area (TPSA) is 165 Å². The third-order valence-corrected chi connectivity index (χ3v) is 4.06. The molecule has 0 unspecified atom stereocenters. The average Bonchev–Trinajstić information content (AvgIpc) is 2.73. The summed E-state index contributed by atoms with van der Waals surface area (Å²) in [7, 11) is 0. The lowest BCUT2D eigenvalue weighted by Gasteiger charge is -2.18. The van der Waals surface area contributed by atoms with Gasteiger partial charge in [-0.3, -0.25) is 19.2 Å². The van der Waals surface area contributed by atoms with Crippen molar-refractivity contribution in [1.29, 1.82) is 0 Å². The number of carbonyl (C=O) groups excluding carboxylic acids is 4. The Morgan fingerprint density at radius 2 is 1.63 bits per heavy atom. The first kappa shape index (κ1) is 24.9. The lowest BCUT2D eigenvalue weighted by atomic mass is 9.99. The second-order valence-electron chi connectivity index (χ2n) is 6.51. The summed E-state index contributed by atoms with van der Waals surface area (Å²) in [5.41, 5.74) is 6.06. The molecule has 1 aromatic rings. The fourth-order valence-corrected chi connectivity index (χ4v) is 2.49. The van der Waals surface area contributed by atoms with Crippen molar-refractivity contribution < 1.29 is 33.8 Å². The van der Waals surface area contributed by atoms with Crippen molar-refractivity contribution >= 4 is 29.4 Å². The van der Waals surface area contributed by atoms with E-state index in [1.807, 2.05) is 30.3 Å². The van der Waals surface area contributed by atoms with Crippen molar-refractivity contribution in [3.8, 4) is 0 Å². The summed E-state index contributed by atoms with van der Waals surface area (Å²) >= 11 is 0. The molecule has 0 fully saturated rings. The van der Waals surface area contributed by atoms with Crippen LogP contribution in [-0.2, 0) is 35.1 Å². The number of ketones is 2. The predicted molar refractivity (Wildman–Crippen MR) is 106 cm³/mol. The number of carboxylic acids is 1. The molecule has 0 saturated heterocycles. The first-order valence-corrected chi connectivity index (χ1v) is 9.45. The fraction of sp³-hybridized carbons (Fsp3) is 0.450. The summed E-state index contributed by atoms with van der Waals surface area (Å²) in [6, 6.07) is 8.23. The number of rotatable bonds is 15. The molecule has 0 heterocycles. The van der Waals surface area contributed by atoms with Gasteiger partial charge in [-0.1, -0.05) is 30.3 Å². The Kier molecular flexibility index (Phi) is 11.6. The van der Waals surface area contributed by atoms with E-state index in [-0.39, 0.29) is 56.9 Å². The molecule has 0 aromatic heterocycles. The molecule has 0 aliphatic carbocycles. The molecule has 0 bridgehead atoms. The van der Waals surface area contributed by atoms with Crippen LogP contribution < -0.4 is 16.4 Å². The second kappa shape index (κ2) is 14.0. The molecule has 0 radical (unpaired) electrons. The molecular weight excluding hydrogens is 394 g/mol. The third-order valence-electron chi connectivity index (χ3n) is 4.06. The van der Waals surface area contributed by atoms with Crippen LogP contribution in [0.15, 0.2) is 30.3 Å². The van der Waals surface area contributed by atoms with Crippen LogP contribution in [0.1, 0.15) is 31.2 Å². The molecule has 1 atom stereocenters. The van der Waals surface area contributed by atoms with Gasteiger partial charge in [0.2, 0.25) is 11.8 Å². The van der Waals surface area contributed by atoms with Gasteiger partial charge in [-0.15, -0.1) is 0 Å². The van der Waals surface area contributed by atoms with Gasteiger partial charge in [0.05, 0.1) is 12.6 Å². The summed E-state index contributed by atoms with van der Waals surface area (Å²) in [6.07, 6.45) is -0.0880. The third kappa shape index (κ3) is 11.0. The Balaban J connectivity index is 2.58. The number of nitrogens with two attached hydrogens (primary N) is 1. The molecule has 30 heavy (non-hydrogen) atoms. The zero-order valence-corrected chi connectivity index (χ0v) is 16.6. The zero-order chi connectivity index (χ0) is 22.4. The molecule has 0 spiro atoms. The minimum Gasteiger partial charge on any atom is -0.480 e. The zero-order valence-electron chi connectivity index (χ0n) is 16.6. The summed E-state index contributed by atoms with van der Waals surface area (Å²) in [5, 5.41) is 13.4. The minimum absolute atomic E-state index is 0.00662. The highest BCUT2D eigenvalue weighted by molar-refractivity contribution is 5.92. The van der Waals surface area contributed by atoms with Crippen molar-refractivity contribution in [3.63, 3.8) is 0 Å². The average molecular weight is 421 g/mol. The Bertz CT molecular complexity index is 737. The lowest BCUT2D eigenvalue weighted by molar-refractivity contribution is -0.143. The van der Waals surface area contributed by atoms with Crippen molar-refractivity contribution in [2.45, 2.75) is 38.1 Å². The summed E-state index contributed by atoms with van der Waals surface area (Å²) < 4.78 is 4.70. The van der Waals surface area contributed by atoms with Gasteiger partial charge in [0.15, 0.2) is 5.78 Å². The van der Waals surface area contributed by atoms with Crippen LogP contribution in [0.3, 0.4) is 0 Å². The van der Waals surface area contributed by atoms with Crippen molar-refractivity contribution in [2.75, 3.05) is 19.9 Å². The Hall–Kier alpha value is -3.11. The van der Waals surface area contributed by atoms with E-state index >= 15 is 0 Å². The molecule has 10 nitrogen and oxygen atoms in total. The van der Waals surface area contributed by atoms with E-state index in [4.69, 9.17) is 15.6 Å². The molecule has 0 aliphatic rings. The van der Waals surface area contributed by atoms with Gasteiger partial charge in [-0.2, -0.15) is 0 Å². The van der Waals surface area contributed by atoms with E-state index in [9.17, 15) is 24.0 Å². The number of carboxylic acid groups (broad SMARTS) is 1. The summed E-state index contributed by atoms with van der Waals surface area (Å²) in [6.45, 7) is -0.972. The fourth-order valence-electron chi connectivity index (χ4n) is 2.49. The molecule has 1 aromatic carbocycles. The number of Topliss-reactive ketones (excluding diaryl/α,β-unsaturated/α-hetero) is 2. The van der Waals surface area contributed by atoms with E-state index in [1.165, 1.54) is 0 Å². The van der Waals surface area contributed by atoms with Crippen LogP contribution in [-0.4, -0.2) is 60.4 Å². The van der Waals surface area contributed by atoms with Crippen LogP contribution in [0.25, 0.3) is 0 Å². The Morgan fingerprint density at radius 3 is 2.27 bits per heavy atom. The van der Waals surface area contributed by atoms with Gasteiger partial charge >= 0.3 is 5.97 Å². The van der Waals surface area contributed by atoms with Crippen LogP contribution in [0.2, 0.25) is 0 Å². The van der Waals surface area contributed by atoms with Crippen molar-refractivity contribution in [2.24, 2.45) is 5.73 Å². The van der Waals surface area contributed by atoms with Crippen molar-refractivity contribution in [3.05, 3.63) is 35.9 Å². The number of benzene rings is 1. The van der Waals surface area contributed by atoms with Crippen LogP contribution >= 0.6 is 0 Å². The smallest absolute Gasteiger partial charge is 0.329 e. The number of ether oxygens (including phenoxy) is 1. The van der Waals surface area contributed by atoms with E-state index in [0.29, 0.717) is 0 Å². The van der Waals surface area contributed by atoms with E-state index < -0.39 is 30.4 Å². The number of aliphatic carboxylic acids is 1. The second-order valence-corrected chi connectivity index (χ2v) is 6.51. The molecule has 1 rings (SSSR count). The monoisotopic (exact) mass is 421 g/mol. The molecule has 2 amide bonds. The first-order chi connectivity index (χ1) is 14.3. The molecule has 5 N–H and O–H groups in total. The number of nitrogens with one attached hydrogen (secondary N) is 2. The highest BCUT2D eigenvalue weighted by Crippen LogP contribution is 2.08. The van der Waals surface area contributed by atoms with Gasteiger partial charge < -0.3 is 26.2 Å². The van der Waals surface area contributed by atoms with Gasteiger partial charge in [0.25, 0.3) is 0 Å². The quantitative estimate of drug-likeness (QED) is 0.218. The van der Waals surface area contributed by atoms with Gasteiger partial charge in [-0.25, -0.2) is 4.79 Å². The summed E-state index contributed by atoms with van der Waals surface area (Å²) in [4.78, 5) is 58.1. The predicted octanol–water partition coefficient (Wildman–Crippen LogP) is -0.454. The number of hydrogen-bond donors (Lipinski definition) is 4. The van der Waals surface area contributed by atoms with Crippen LogP contribution in [0.4, 0.5) is 0 Å². The highest BCUT2D eigenvalue weighted by atomic mass is 16.5. The maximum Gasteiger partial charge on any atom is 0.329 e. The molecule has 0 aliphatic heterocycles. The number of amides is 2. The van der Waals surface area contributed by atoms with E-state index in [1.54, 1.807) is 0 Å². The molecule has 10 heteroatoms. The van der Waals surface area contributed by atoms with E-state index in [0.717, 1.165) is 5.56 Å². The SMILES string of the molecule is NCC(=O)CCC(=O)N[C@@H](Cc1ccccc1)C(=O)CCC(=O)NCOCC(=O)O. The number of carbonyl (C=O) groups is 5. The normalized spacial score (nSPS) is 11.4. The van der Waals surface area contributed by atoms with Crippen LogP contribution in [0, 0.1) is 0 Å². The molecule has 164 valence electrons. The Morgan fingerprint density at radius 1 is 0.967 bits per heavy atom. The molecule has 0 saturated carbocycles. The maximum atomic E-state index is 12.6. The minimum atomic E-state index is -1.16. The maximum absolute atomic E-state index is 12.6. The summed E-state index contributed by atoms with van der Waals surface area (Å²) in [5.74, 6) is -2.67. The number of hydrogen-bond acceptors (Lipinski definition) is 7. The van der Waals surface area contributed by atoms with Crippen LogP contribution in [0.5, 0.6) is 0 Å². The van der Waals surface area contributed by atoms with E-state index in [2.05, 4.69) is 10.6 Å². The highest BCUT2D eigenvalue weighted by Gasteiger charge is 2.22. The Labute approximate surface area is 174 Å². The lowest BCUT2D eigenvalue weighted by Crippen LogP contribution is -2.43. The largest absolute Gasteiger partial charge is 0.480 e. The van der Waals surface area contributed by atoms with Gasteiger partial charge in [0.1, 0.15) is 19.1 Å². The molecular formula is C20H27N3O7. The van der Waals surface area contributed by atoms with Gasteiger partial charge in [0, 0.05) is 25.7 Å². The van der Waals surface area contributed by atoms with Gasteiger partial charge in [-0.05, 0) is 12.0 Å². The standard InChI is InChI=1S/C20H27N3O7/c21-11-15(24)6-8-19(27)23-16(10-14-4-2-1-3-5-14)17(25)7-9-18(26)22-13-30-12-20(28)29/h1-5,16H,6-13,21H2,(H,22,26)(H,23,27)(H,28,29)/t16-/m0/s1.